The number of pyridine rings is 3. The summed E-state index contributed by atoms with van der Waals surface area (Å²) in [4.78, 5) is 15.6. The average molecular weight is 655 g/mol. The zero-order valence-electron chi connectivity index (χ0n) is 26.7. The first kappa shape index (κ1) is 27.5. The molecule has 0 aliphatic carbocycles. The van der Waals surface area contributed by atoms with Crippen LogP contribution in [0.1, 0.15) is 0 Å². The van der Waals surface area contributed by atoms with Gasteiger partial charge in [0.1, 0.15) is 5.82 Å². The number of fused-ring (bicyclic) bond motifs is 13. The largest absolute Gasteiger partial charge is 0.293 e. The fourth-order valence-electron chi connectivity index (χ4n) is 7.95. The molecule has 0 aliphatic rings. The van der Waals surface area contributed by atoms with Crippen LogP contribution in [0.4, 0.5) is 0 Å². The summed E-state index contributed by atoms with van der Waals surface area (Å²) in [7, 11) is 0. The Kier molecular flexibility index (Phi) is 5.80. The van der Waals surface area contributed by atoms with Crippen LogP contribution in [-0.2, 0) is 0 Å². The number of benzene rings is 6. The molecule has 0 aliphatic heterocycles. The fourth-order valence-corrected chi connectivity index (χ4v) is 9.17. The van der Waals surface area contributed by atoms with Crippen molar-refractivity contribution in [2.45, 2.75) is 0 Å². The van der Waals surface area contributed by atoms with Crippen LogP contribution in [0.25, 0.3) is 103 Å². The summed E-state index contributed by atoms with van der Waals surface area (Å²) in [6.45, 7) is 0. The summed E-state index contributed by atoms with van der Waals surface area (Å²) in [5.74, 6) is 0.863. The Labute approximate surface area is 290 Å². The van der Waals surface area contributed by atoms with E-state index in [2.05, 4.69) is 150 Å². The molecule has 0 saturated heterocycles. The van der Waals surface area contributed by atoms with Gasteiger partial charge in [-0.25, -0.2) is 4.98 Å². The second-order valence-corrected chi connectivity index (χ2v) is 13.8. The number of aromatic nitrogens is 4. The predicted molar refractivity (Wildman–Crippen MR) is 210 cm³/mol. The molecule has 0 radical (unpaired) electrons. The minimum atomic E-state index is 0.863. The van der Waals surface area contributed by atoms with Crippen molar-refractivity contribution in [2.75, 3.05) is 0 Å². The molecule has 6 aromatic carbocycles. The van der Waals surface area contributed by atoms with Gasteiger partial charge in [-0.05, 0) is 52.6 Å². The maximum absolute atomic E-state index is 5.61. The summed E-state index contributed by atoms with van der Waals surface area (Å²) in [5, 5.41) is 8.15. The molecule has 0 N–H and O–H groups in total. The molecule has 5 aromatic heterocycles. The number of thiophene rings is 1. The molecule has 232 valence electrons. The molecular formula is C45H26N4S. The average Bonchev–Trinajstić information content (AvgIpc) is 3.75. The highest BCUT2D eigenvalue weighted by Gasteiger charge is 2.24. The van der Waals surface area contributed by atoms with Crippen LogP contribution in [0.3, 0.4) is 0 Å². The summed E-state index contributed by atoms with van der Waals surface area (Å²) >= 11 is 1.82. The SMILES string of the molecule is c1ccc(-c2ccnc3c2ccc2c(-c4ccccc4)cc(-n4c5ccccc5c5c6cccnc6c6sc7ccccc7c6c54)nc23)cc1. The predicted octanol–water partition coefficient (Wildman–Crippen LogP) is 12.1. The highest BCUT2D eigenvalue weighted by atomic mass is 32.1. The van der Waals surface area contributed by atoms with E-state index in [1.807, 2.05) is 23.7 Å². The minimum absolute atomic E-state index is 0.863. The van der Waals surface area contributed by atoms with Gasteiger partial charge in [0.05, 0.1) is 32.3 Å². The van der Waals surface area contributed by atoms with E-state index in [1.54, 1.807) is 0 Å². The molecule has 5 heterocycles. The summed E-state index contributed by atoms with van der Waals surface area (Å²) in [6, 6.07) is 51.7. The van der Waals surface area contributed by atoms with Crippen molar-refractivity contribution < 1.29 is 0 Å². The Morgan fingerprint density at radius 2 is 1.12 bits per heavy atom. The van der Waals surface area contributed by atoms with Gasteiger partial charge in [-0.1, -0.05) is 115 Å². The molecule has 50 heavy (non-hydrogen) atoms. The summed E-state index contributed by atoms with van der Waals surface area (Å²) in [5.41, 5.74) is 9.66. The van der Waals surface area contributed by atoms with E-state index in [9.17, 15) is 0 Å². The molecule has 0 amide bonds. The quantitative estimate of drug-likeness (QED) is 0.178. The van der Waals surface area contributed by atoms with Crippen LogP contribution in [0.2, 0.25) is 0 Å². The topological polar surface area (TPSA) is 43.6 Å². The molecule has 0 unspecified atom stereocenters. The van der Waals surface area contributed by atoms with E-state index in [0.29, 0.717) is 0 Å². The van der Waals surface area contributed by atoms with E-state index in [0.717, 1.165) is 71.8 Å². The Morgan fingerprint density at radius 3 is 1.94 bits per heavy atom. The molecular weight excluding hydrogens is 629 g/mol. The molecule has 0 fully saturated rings. The lowest BCUT2D eigenvalue weighted by Gasteiger charge is -2.15. The first-order valence-electron chi connectivity index (χ1n) is 16.8. The van der Waals surface area contributed by atoms with Crippen molar-refractivity contribution in [3.8, 4) is 28.1 Å². The Morgan fingerprint density at radius 1 is 0.460 bits per heavy atom. The smallest absolute Gasteiger partial charge is 0.139 e. The van der Waals surface area contributed by atoms with Crippen LogP contribution in [0.5, 0.6) is 0 Å². The molecule has 0 saturated carbocycles. The van der Waals surface area contributed by atoms with E-state index in [1.165, 1.54) is 30.9 Å². The lowest BCUT2D eigenvalue weighted by atomic mass is 9.96. The molecule has 0 spiro atoms. The van der Waals surface area contributed by atoms with E-state index >= 15 is 0 Å². The van der Waals surface area contributed by atoms with Gasteiger partial charge in [0.25, 0.3) is 0 Å². The van der Waals surface area contributed by atoms with Gasteiger partial charge < -0.3 is 0 Å². The van der Waals surface area contributed by atoms with Gasteiger partial charge in [-0.15, -0.1) is 11.3 Å². The van der Waals surface area contributed by atoms with Gasteiger partial charge in [0.2, 0.25) is 0 Å². The molecule has 0 atom stereocenters. The second-order valence-electron chi connectivity index (χ2n) is 12.8. The molecule has 11 aromatic rings. The van der Waals surface area contributed by atoms with Crippen molar-refractivity contribution in [1.82, 2.24) is 19.5 Å². The molecule has 0 bridgehead atoms. The first-order chi connectivity index (χ1) is 24.8. The Bertz CT molecular complexity index is 3140. The van der Waals surface area contributed by atoms with Gasteiger partial charge in [-0.3, -0.25) is 14.5 Å². The van der Waals surface area contributed by atoms with Crippen LogP contribution in [0, 0.1) is 0 Å². The number of hydrogen-bond acceptors (Lipinski definition) is 4. The van der Waals surface area contributed by atoms with E-state index in [-0.39, 0.29) is 0 Å². The van der Waals surface area contributed by atoms with Crippen LogP contribution < -0.4 is 0 Å². The van der Waals surface area contributed by atoms with E-state index < -0.39 is 0 Å². The van der Waals surface area contributed by atoms with Crippen molar-refractivity contribution in [1.29, 1.82) is 0 Å². The zero-order valence-corrected chi connectivity index (χ0v) is 27.5. The van der Waals surface area contributed by atoms with Crippen LogP contribution in [0.15, 0.2) is 158 Å². The first-order valence-corrected chi connectivity index (χ1v) is 17.6. The fraction of sp³-hybridized carbons (Fsp3) is 0. The maximum Gasteiger partial charge on any atom is 0.139 e. The molecule has 11 rings (SSSR count). The standard InChI is InChI=1S/C45H26N4S/c1-3-12-27(13-4-1)29-23-25-47-41-30(29)21-22-31-35(28-14-5-2-6-15-28)26-38(48-42(31)41)49-36-19-9-7-16-32(36)39-34-18-11-24-46-43(34)45-40(44(39)49)33-17-8-10-20-37(33)50-45/h1-26H. The number of nitrogens with zero attached hydrogens (tertiary/aromatic N) is 4. The van der Waals surface area contributed by atoms with Crippen LogP contribution in [-0.4, -0.2) is 19.5 Å². The Balaban J connectivity index is 1.36. The third-order valence-electron chi connectivity index (χ3n) is 10.1. The number of para-hydroxylation sites is 1. The summed E-state index contributed by atoms with van der Waals surface area (Å²) in [6.07, 6.45) is 3.83. The monoisotopic (exact) mass is 654 g/mol. The van der Waals surface area contributed by atoms with Crippen LogP contribution >= 0.6 is 11.3 Å². The highest BCUT2D eigenvalue weighted by Crippen LogP contribution is 2.47. The lowest BCUT2D eigenvalue weighted by molar-refractivity contribution is 1.11. The number of rotatable bonds is 3. The van der Waals surface area contributed by atoms with E-state index in [4.69, 9.17) is 15.0 Å². The van der Waals surface area contributed by atoms with Gasteiger partial charge >= 0.3 is 0 Å². The molecule has 5 heteroatoms. The van der Waals surface area contributed by atoms with Gasteiger partial charge in [0.15, 0.2) is 0 Å². The minimum Gasteiger partial charge on any atom is -0.293 e. The maximum atomic E-state index is 5.61. The lowest BCUT2D eigenvalue weighted by Crippen LogP contribution is -2.01. The highest BCUT2D eigenvalue weighted by molar-refractivity contribution is 7.26. The second kappa shape index (κ2) is 10.5. The van der Waals surface area contributed by atoms with Crippen molar-refractivity contribution >= 4 is 86.0 Å². The zero-order chi connectivity index (χ0) is 32.8. The van der Waals surface area contributed by atoms with Crippen molar-refractivity contribution in [3.63, 3.8) is 0 Å². The normalized spacial score (nSPS) is 12.0. The third kappa shape index (κ3) is 3.84. The Hall–Kier alpha value is -6.43. The number of hydrogen-bond donors (Lipinski definition) is 0. The van der Waals surface area contributed by atoms with Gasteiger partial charge in [-0.2, -0.15) is 0 Å². The summed E-state index contributed by atoms with van der Waals surface area (Å²) < 4.78 is 4.84. The molecule has 4 nitrogen and oxygen atoms in total. The van der Waals surface area contributed by atoms with Crippen molar-refractivity contribution in [2.24, 2.45) is 0 Å². The van der Waals surface area contributed by atoms with Crippen molar-refractivity contribution in [3.05, 3.63) is 158 Å². The third-order valence-corrected chi connectivity index (χ3v) is 11.3. The van der Waals surface area contributed by atoms with Gasteiger partial charge in [0, 0.05) is 54.8 Å².